The van der Waals surface area contributed by atoms with Crippen LogP contribution in [-0.4, -0.2) is 23.0 Å². The molecule has 124 valence electrons. The highest BCUT2D eigenvalue weighted by atomic mass is 16.4. The van der Waals surface area contributed by atoms with E-state index in [0.717, 1.165) is 32.1 Å². The van der Waals surface area contributed by atoms with Crippen LogP contribution < -0.4 is 5.32 Å². The lowest BCUT2D eigenvalue weighted by Crippen LogP contribution is -2.48. The predicted molar refractivity (Wildman–Crippen MR) is 84.2 cm³/mol. The van der Waals surface area contributed by atoms with Crippen molar-refractivity contribution in [2.45, 2.75) is 65.3 Å². The van der Waals surface area contributed by atoms with Gasteiger partial charge in [0.1, 0.15) is 0 Å². The summed E-state index contributed by atoms with van der Waals surface area (Å²) in [5.74, 6) is -0.381. The van der Waals surface area contributed by atoms with Crippen molar-refractivity contribution in [3.63, 3.8) is 0 Å². The first-order valence-electron chi connectivity index (χ1n) is 8.80. The molecule has 0 aromatic rings. The first-order chi connectivity index (χ1) is 10.3. The zero-order valence-electron chi connectivity index (χ0n) is 14.0. The summed E-state index contributed by atoms with van der Waals surface area (Å²) in [5.41, 5.74) is 0.260. The third-order valence-corrected chi connectivity index (χ3v) is 6.24. The summed E-state index contributed by atoms with van der Waals surface area (Å²) in [5, 5.41) is 12.7. The number of fused-ring (bicyclic) bond motifs is 2. The molecule has 4 heteroatoms. The molecule has 3 saturated carbocycles. The third kappa shape index (κ3) is 2.89. The number of carbonyl (C=O) groups excluding carboxylic acids is 1. The highest BCUT2D eigenvalue weighted by Gasteiger charge is 2.54. The van der Waals surface area contributed by atoms with E-state index in [4.69, 9.17) is 0 Å². The van der Waals surface area contributed by atoms with E-state index in [1.807, 2.05) is 0 Å². The van der Waals surface area contributed by atoms with Crippen LogP contribution >= 0.6 is 0 Å². The van der Waals surface area contributed by atoms with Gasteiger partial charge in [-0.2, -0.15) is 0 Å². The Morgan fingerprint density at radius 1 is 1.05 bits per heavy atom. The third-order valence-electron chi connectivity index (χ3n) is 6.24. The van der Waals surface area contributed by atoms with Gasteiger partial charge in [-0.3, -0.25) is 9.59 Å². The van der Waals surface area contributed by atoms with Crippen LogP contribution in [-0.2, 0) is 9.59 Å². The molecule has 3 rings (SSSR count). The molecule has 0 radical (unpaired) electrons. The maximum absolute atomic E-state index is 12.8. The molecule has 2 bridgehead atoms. The van der Waals surface area contributed by atoms with E-state index in [-0.39, 0.29) is 29.2 Å². The molecule has 3 fully saturated rings. The molecule has 0 spiro atoms. The van der Waals surface area contributed by atoms with E-state index in [1.54, 1.807) is 0 Å². The van der Waals surface area contributed by atoms with Gasteiger partial charge < -0.3 is 10.4 Å². The van der Waals surface area contributed by atoms with Gasteiger partial charge in [0.05, 0.1) is 11.8 Å². The predicted octanol–water partition coefficient (Wildman–Crippen LogP) is 3.06. The lowest BCUT2D eigenvalue weighted by Gasteiger charge is -2.40. The first kappa shape index (κ1) is 15.8. The van der Waals surface area contributed by atoms with E-state index in [9.17, 15) is 14.7 Å². The molecule has 0 aromatic carbocycles. The molecule has 0 aliphatic heterocycles. The van der Waals surface area contributed by atoms with Crippen molar-refractivity contribution in [1.29, 1.82) is 0 Å². The number of hydrogen-bond donors (Lipinski definition) is 2. The number of amides is 1. The average molecular weight is 307 g/mol. The molecule has 3 aliphatic rings. The van der Waals surface area contributed by atoms with Crippen LogP contribution in [0.1, 0.15) is 59.3 Å². The molecule has 0 unspecified atom stereocenters. The van der Waals surface area contributed by atoms with Gasteiger partial charge in [0, 0.05) is 6.04 Å². The topological polar surface area (TPSA) is 66.4 Å². The van der Waals surface area contributed by atoms with Gasteiger partial charge in [-0.15, -0.1) is 0 Å². The Morgan fingerprint density at radius 3 is 2.27 bits per heavy atom. The number of nitrogens with one attached hydrogen (secondary N) is 1. The van der Waals surface area contributed by atoms with Crippen LogP contribution in [0, 0.1) is 35.0 Å². The Bertz CT molecular complexity index is 473. The van der Waals surface area contributed by atoms with Crippen molar-refractivity contribution >= 4 is 11.9 Å². The zero-order valence-corrected chi connectivity index (χ0v) is 14.0. The lowest BCUT2D eigenvalue weighted by atomic mass is 9.70. The highest BCUT2D eigenvalue weighted by molar-refractivity contribution is 5.86. The van der Waals surface area contributed by atoms with Gasteiger partial charge >= 0.3 is 5.97 Å². The van der Waals surface area contributed by atoms with Crippen molar-refractivity contribution in [2.75, 3.05) is 0 Å². The Hall–Kier alpha value is -1.06. The second-order valence-corrected chi connectivity index (χ2v) is 8.84. The molecule has 2 N–H and O–H groups in total. The minimum absolute atomic E-state index is 0.00880. The summed E-state index contributed by atoms with van der Waals surface area (Å²) in [4.78, 5) is 24.3. The van der Waals surface area contributed by atoms with Gasteiger partial charge in [0.15, 0.2) is 0 Å². The number of carboxylic acid groups (broad SMARTS) is 1. The second-order valence-electron chi connectivity index (χ2n) is 8.84. The minimum Gasteiger partial charge on any atom is -0.481 e. The van der Waals surface area contributed by atoms with Crippen molar-refractivity contribution < 1.29 is 14.7 Å². The summed E-state index contributed by atoms with van der Waals surface area (Å²) in [6.45, 7) is 6.77. The number of carbonyl (C=O) groups is 2. The smallest absolute Gasteiger partial charge is 0.307 e. The Balaban J connectivity index is 1.68. The number of rotatable bonds is 3. The Labute approximate surface area is 133 Å². The van der Waals surface area contributed by atoms with E-state index in [1.165, 1.54) is 6.42 Å². The van der Waals surface area contributed by atoms with Gasteiger partial charge in [0.25, 0.3) is 0 Å². The van der Waals surface area contributed by atoms with E-state index in [2.05, 4.69) is 26.1 Å². The normalized spacial score (nSPS) is 43.0. The standard InChI is InChI=1S/C18H29NO3/c1-10-6-13(9-18(2,3)8-10)19-16(20)14-11-4-5-12(7-11)15(14)17(21)22/h10-15H,4-9H2,1-3H3,(H,19,20)(H,21,22)/t10-,11+,12+,13+,14-,15+/m1/s1. The van der Waals surface area contributed by atoms with Crippen LogP contribution in [0.2, 0.25) is 0 Å². The number of carboxylic acids is 1. The van der Waals surface area contributed by atoms with Crippen molar-refractivity contribution in [2.24, 2.45) is 35.0 Å². The molecule has 0 aromatic heterocycles. The van der Waals surface area contributed by atoms with E-state index >= 15 is 0 Å². The second kappa shape index (κ2) is 5.54. The first-order valence-corrected chi connectivity index (χ1v) is 8.80. The molecule has 0 heterocycles. The van der Waals surface area contributed by atoms with Crippen LogP contribution in [0.5, 0.6) is 0 Å². The molecule has 22 heavy (non-hydrogen) atoms. The molecule has 6 atom stereocenters. The van der Waals surface area contributed by atoms with Crippen molar-refractivity contribution in [1.82, 2.24) is 5.32 Å². The van der Waals surface area contributed by atoms with Gasteiger partial charge in [-0.25, -0.2) is 0 Å². The monoisotopic (exact) mass is 307 g/mol. The molecule has 4 nitrogen and oxygen atoms in total. The Kier molecular flexibility index (Phi) is 3.98. The van der Waals surface area contributed by atoms with Crippen LogP contribution in [0.4, 0.5) is 0 Å². The molecule has 3 aliphatic carbocycles. The fourth-order valence-corrected chi connectivity index (χ4v) is 5.78. The summed E-state index contributed by atoms with van der Waals surface area (Å²) in [6, 6.07) is 0.208. The number of hydrogen-bond acceptors (Lipinski definition) is 2. The summed E-state index contributed by atoms with van der Waals surface area (Å²) in [7, 11) is 0. The summed E-state index contributed by atoms with van der Waals surface area (Å²) < 4.78 is 0. The van der Waals surface area contributed by atoms with Crippen LogP contribution in [0.3, 0.4) is 0 Å². The maximum atomic E-state index is 12.8. The van der Waals surface area contributed by atoms with Gasteiger partial charge in [-0.1, -0.05) is 20.8 Å². The summed E-state index contributed by atoms with van der Waals surface area (Å²) >= 11 is 0. The van der Waals surface area contributed by atoms with E-state index < -0.39 is 11.9 Å². The average Bonchev–Trinajstić information content (AvgIpc) is 2.95. The fraction of sp³-hybridized carbons (Fsp3) is 0.889. The zero-order chi connectivity index (χ0) is 16.1. The molecule has 0 saturated heterocycles. The fourth-order valence-electron chi connectivity index (χ4n) is 5.78. The Morgan fingerprint density at radius 2 is 1.68 bits per heavy atom. The van der Waals surface area contributed by atoms with Crippen molar-refractivity contribution in [3.05, 3.63) is 0 Å². The summed E-state index contributed by atoms with van der Waals surface area (Å²) in [6.07, 6.45) is 6.17. The van der Waals surface area contributed by atoms with Crippen LogP contribution in [0.25, 0.3) is 0 Å². The largest absolute Gasteiger partial charge is 0.481 e. The van der Waals surface area contributed by atoms with Crippen LogP contribution in [0.15, 0.2) is 0 Å². The maximum Gasteiger partial charge on any atom is 0.307 e. The number of aliphatic carboxylic acids is 1. The minimum atomic E-state index is -0.773. The quantitative estimate of drug-likeness (QED) is 0.842. The highest BCUT2D eigenvalue weighted by Crippen LogP contribution is 2.52. The lowest BCUT2D eigenvalue weighted by molar-refractivity contribution is -0.149. The SMILES string of the molecule is C[C@@H]1C[C@H](NC(=O)[C@@H]2[C@H]3CC[C@@H](C3)[C@@H]2C(=O)O)CC(C)(C)C1. The molecular weight excluding hydrogens is 278 g/mol. The van der Waals surface area contributed by atoms with Gasteiger partial charge in [-0.05, 0) is 61.7 Å². The molecular formula is C18H29NO3. The van der Waals surface area contributed by atoms with Gasteiger partial charge in [0.2, 0.25) is 5.91 Å². The van der Waals surface area contributed by atoms with Crippen molar-refractivity contribution in [3.8, 4) is 0 Å². The molecule has 1 amide bonds. The van der Waals surface area contributed by atoms with E-state index in [0.29, 0.717) is 11.8 Å².